The number of methoxy groups -OCH3 is 1. The van der Waals surface area contributed by atoms with Crippen molar-refractivity contribution >= 4 is 12.3 Å². The molecule has 19 heavy (non-hydrogen) atoms. The number of carbonyl (C=O) groups excluding carboxylic acids is 2. The number of aromatic nitrogens is 1. The number of nitrogens with zero attached hydrogens (tertiary/aromatic N) is 1. The first-order chi connectivity index (χ1) is 8.75. The molecule has 0 aliphatic heterocycles. The molecule has 2 N–H and O–H groups in total. The van der Waals surface area contributed by atoms with Crippen LogP contribution in [0.2, 0.25) is 0 Å². The van der Waals surface area contributed by atoms with Crippen LogP contribution in [0, 0.1) is 0 Å². The Labute approximate surface area is 106 Å². The fraction of sp³-hybridized carbons (Fsp3) is 0.500. The van der Waals surface area contributed by atoms with Crippen molar-refractivity contribution in [2.75, 3.05) is 7.11 Å². The number of rotatable bonds is 3. The molecule has 0 spiro atoms. The molecule has 0 saturated carbocycles. The molecule has 0 aliphatic rings. The molecule has 0 aromatic carbocycles. The molecule has 1 heterocycles. The average molecular weight is 282 g/mol. The van der Waals surface area contributed by atoms with Crippen LogP contribution in [0.15, 0.2) is 10.7 Å². The molecule has 1 aromatic heterocycles. The number of alkyl halides is 3. The van der Waals surface area contributed by atoms with E-state index in [1.54, 1.807) is 0 Å². The van der Waals surface area contributed by atoms with Gasteiger partial charge in [0.15, 0.2) is 5.69 Å². The lowest BCUT2D eigenvalue weighted by atomic mass is 10.2. The van der Waals surface area contributed by atoms with Crippen molar-refractivity contribution in [1.82, 2.24) is 4.98 Å². The Balaban J connectivity index is 0.000000459. The highest BCUT2D eigenvalue weighted by molar-refractivity contribution is 5.86. The predicted octanol–water partition coefficient (Wildman–Crippen LogP) is 1.62. The van der Waals surface area contributed by atoms with Crippen molar-refractivity contribution in [2.24, 2.45) is 5.73 Å². The summed E-state index contributed by atoms with van der Waals surface area (Å²) in [6.45, 7) is 1.91. The van der Waals surface area contributed by atoms with E-state index in [-0.39, 0.29) is 11.7 Å². The highest BCUT2D eigenvalue weighted by Gasteiger charge is 2.24. The maximum absolute atomic E-state index is 11.0. The first kappa shape index (κ1) is 17.1. The third-order valence-corrected chi connectivity index (χ3v) is 1.81. The minimum Gasteiger partial charge on any atom is -0.464 e. The van der Waals surface area contributed by atoms with Crippen molar-refractivity contribution in [3.63, 3.8) is 0 Å². The van der Waals surface area contributed by atoms with Gasteiger partial charge in [0.2, 0.25) is 12.2 Å². The summed E-state index contributed by atoms with van der Waals surface area (Å²) in [4.78, 5) is 23.5. The van der Waals surface area contributed by atoms with Gasteiger partial charge in [-0.25, -0.2) is 9.78 Å². The molecular formula is C10H13F3N2O4. The van der Waals surface area contributed by atoms with Gasteiger partial charge in [0.1, 0.15) is 6.26 Å². The number of nitrogens with two attached hydrogens (primary N) is 1. The van der Waals surface area contributed by atoms with Gasteiger partial charge < -0.3 is 14.9 Å². The van der Waals surface area contributed by atoms with Crippen LogP contribution in [0.5, 0.6) is 0 Å². The zero-order valence-electron chi connectivity index (χ0n) is 10.2. The molecule has 1 unspecified atom stereocenters. The van der Waals surface area contributed by atoms with E-state index in [9.17, 15) is 18.0 Å². The molecule has 0 radical (unpaired) electrons. The van der Waals surface area contributed by atoms with Crippen LogP contribution in [0.25, 0.3) is 0 Å². The van der Waals surface area contributed by atoms with Crippen molar-refractivity contribution in [1.29, 1.82) is 0 Å². The second kappa shape index (κ2) is 7.52. The minimum absolute atomic E-state index is 0.154. The van der Waals surface area contributed by atoms with E-state index in [1.807, 2.05) is 6.92 Å². The zero-order valence-corrected chi connectivity index (χ0v) is 10.2. The third kappa shape index (κ3) is 6.55. The van der Waals surface area contributed by atoms with Gasteiger partial charge in [-0.3, -0.25) is 4.79 Å². The summed E-state index contributed by atoms with van der Waals surface area (Å²) in [5, 5.41) is 0. The quantitative estimate of drug-likeness (QED) is 0.668. The summed E-state index contributed by atoms with van der Waals surface area (Å²) in [5.41, 5.74) is 5.79. The van der Waals surface area contributed by atoms with Crippen LogP contribution in [0.4, 0.5) is 13.2 Å². The Kier molecular flexibility index (Phi) is 6.76. The first-order valence-corrected chi connectivity index (χ1v) is 5.07. The van der Waals surface area contributed by atoms with Gasteiger partial charge in [-0.15, -0.1) is 0 Å². The number of oxazole rings is 1. The molecule has 0 bridgehead atoms. The molecule has 1 aromatic rings. The highest BCUT2D eigenvalue weighted by Crippen LogP contribution is 2.13. The smallest absolute Gasteiger partial charge is 0.446 e. The van der Waals surface area contributed by atoms with Crippen LogP contribution in [-0.4, -0.2) is 30.5 Å². The summed E-state index contributed by atoms with van der Waals surface area (Å²) >= 11 is 0. The Bertz CT molecular complexity index is 417. The van der Waals surface area contributed by atoms with Crippen LogP contribution >= 0.6 is 0 Å². The van der Waals surface area contributed by atoms with E-state index < -0.39 is 18.4 Å². The molecule has 1 rings (SSSR count). The second-order valence-electron chi connectivity index (χ2n) is 3.24. The molecule has 6 nitrogen and oxygen atoms in total. The van der Waals surface area contributed by atoms with E-state index in [2.05, 4.69) is 9.72 Å². The number of hydrogen-bond donors (Lipinski definition) is 1. The summed E-state index contributed by atoms with van der Waals surface area (Å²) in [7, 11) is 1.29. The second-order valence-corrected chi connectivity index (χ2v) is 3.24. The van der Waals surface area contributed by atoms with Crippen LogP contribution < -0.4 is 5.73 Å². The monoisotopic (exact) mass is 282 g/mol. The van der Waals surface area contributed by atoms with Crippen LogP contribution in [0.1, 0.15) is 35.8 Å². The van der Waals surface area contributed by atoms with E-state index in [4.69, 9.17) is 14.9 Å². The lowest BCUT2D eigenvalue weighted by Gasteiger charge is -2.00. The first-order valence-electron chi connectivity index (χ1n) is 5.07. The fourth-order valence-corrected chi connectivity index (χ4v) is 0.831. The topological polar surface area (TPSA) is 95.4 Å². The van der Waals surface area contributed by atoms with E-state index >= 15 is 0 Å². The predicted molar refractivity (Wildman–Crippen MR) is 57.2 cm³/mol. The Morgan fingerprint density at radius 3 is 2.53 bits per heavy atom. The van der Waals surface area contributed by atoms with Crippen molar-refractivity contribution in [3.05, 3.63) is 17.8 Å². The zero-order chi connectivity index (χ0) is 15.1. The molecule has 0 fully saturated rings. The van der Waals surface area contributed by atoms with Gasteiger partial charge in [-0.2, -0.15) is 13.2 Å². The van der Waals surface area contributed by atoms with Crippen molar-refractivity contribution in [2.45, 2.75) is 25.6 Å². The number of aldehydes is 1. The van der Waals surface area contributed by atoms with Crippen molar-refractivity contribution < 1.29 is 31.9 Å². The van der Waals surface area contributed by atoms with Crippen LogP contribution in [-0.2, 0) is 9.53 Å². The van der Waals surface area contributed by atoms with Crippen LogP contribution in [0.3, 0.4) is 0 Å². The van der Waals surface area contributed by atoms with Gasteiger partial charge in [0.05, 0.1) is 13.2 Å². The Morgan fingerprint density at radius 2 is 2.16 bits per heavy atom. The summed E-state index contributed by atoms with van der Waals surface area (Å²) in [5.74, 6) is -0.152. The lowest BCUT2D eigenvalue weighted by molar-refractivity contribution is -0.156. The SMILES string of the molecule is CCC(N)c1nc(C(=O)OC)co1.O=CC(F)(F)F. The fourth-order valence-electron chi connectivity index (χ4n) is 0.831. The molecule has 1 atom stereocenters. The third-order valence-electron chi connectivity index (χ3n) is 1.81. The molecule has 0 aliphatic carbocycles. The maximum atomic E-state index is 11.0. The standard InChI is InChI=1S/C8H12N2O3.C2HF3O/c1-3-5(9)7-10-6(4-13-7)8(11)12-2;3-2(4,5)1-6/h4-5H,3,9H2,1-2H3;1H. The molecule has 9 heteroatoms. The lowest BCUT2D eigenvalue weighted by Crippen LogP contribution is -2.10. The molecular weight excluding hydrogens is 269 g/mol. The highest BCUT2D eigenvalue weighted by atomic mass is 19.4. The van der Waals surface area contributed by atoms with Gasteiger partial charge in [0, 0.05) is 0 Å². The Morgan fingerprint density at radius 1 is 1.63 bits per heavy atom. The number of carbonyl (C=O) groups is 2. The van der Waals surface area contributed by atoms with Gasteiger partial charge in [0.25, 0.3) is 0 Å². The number of ether oxygens (including phenoxy) is 1. The van der Waals surface area contributed by atoms with Gasteiger partial charge in [-0.05, 0) is 6.42 Å². The summed E-state index contributed by atoms with van der Waals surface area (Å²) < 4.78 is 40.7. The molecule has 0 amide bonds. The number of hydrogen-bond acceptors (Lipinski definition) is 6. The van der Waals surface area contributed by atoms with E-state index in [0.717, 1.165) is 0 Å². The minimum atomic E-state index is -4.64. The molecule has 108 valence electrons. The van der Waals surface area contributed by atoms with E-state index in [1.165, 1.54) is 13.4 Å². The summed E-state index contributed by atoms with van der Waals surface area (Å²) in [6.07, 6.45) is -3.75. The maximum Gasteiger partial charge on any atom is 0.446 e. The van der Waals surface area contributed by atoms with Gasteiger partial charge >= 0.3 is 12.1 Å². The summed E-state index contributed by atoms with van der Waals surface area (Å²) in [6, 6.07) is -0.265. The Hall–Kier alpha value is -1.90. The van der Waals surface area contributed by atoms with Gasteiger partial charge in [-0.1, -0.05) is 6.92 Å². The van der Waals surface area contributed by atoms with Crippen molar-refractivity contribution in [3.8, 4) is 0 Å². The number of esters is 1. The normalized spacial score (nSPS) is 12.1. The largest absolute Gasteiger partial charge is 0.464 e. The number of halogens is 3. The molecule has 0 saturated heterocycles. The average Bonchev–Trinajstić information content (AvgIpc) is 2.86. The van der Waals surface area contributed by atoms with E-state index in [0.29, 0.717) is 12.3 Å².